The second-order valence-corrected chi connectivity index (χ2v) is 4.00. The van der Waals surface area contributed by atoms with Gasteiger partial charge in [0.25, 0.3) is 0 Å². The van der Waals surface area contributed by atoms with Crippen molar-refractivity contribution in [3.8, 4) is 11.5 Å². The van der Waals surface area contributed by atoms with Gasteiger partial charge in [0, 0.05) is 17.3 Å². The maximum Gasteiger partial charge on any atom is 0.227 e. The summed E-state index contributed by atoms with van der Waals surface area (Å²) in [6.07, 6.45) is 0. The largest absolute Gasteiger partial charge is 0.436 e. The van der Waals surface area contributed by atoms with Crippen molar-refractivity contribution < 1.29 is 17.6 Å². The van der Waals surface area contributed by atoms with Crippen LogP contribution < -0.4 is 5.73 Å². The molecule has 0 aliphatic heterocycles. The van der Waals surface area contributed by atoms with E-state index >= 15 is 0 Å². The minimum atomic E-state index is -1.52. The van der Waals surface area contributed by atoms with Gasteiger partial charge in [0.15, 0.2) is 23.0 Å². The molecule has 96 valence electrons. The number of rotatable bonds is 1. The van der Waals surface area contributed by atoms with Crippen LogP contribution in [0.25, 0.3) is 22.6 Å². The molecule has 1 heterocycles. The summed E-state index contributed by atoms with van der Waals surface area (Å²) in [5.41, 5.74) is 6.96. The molecule has 0 saturated heterocycles. The topological polar surface area (TPSA) is 52.0 Å². The van der Waals surface area contributed by atoms with Crippen LogP contribution in [0.4, 0.5) is 18.9 Å². The van der Waals surface area contributed by atoms with Gasteiger partial charge in [-0.25, -0.2) is 18.2 Å². The molecule has 3 aromatic rings. The van der Waals surface area contributed by atoms with Crippen LogP contribution in [0.2, 0.25) is 0 Å². The molecule has 0 spiro atoms. The summed E-state index contributed by atoms with van der Waals surface area (Å²) in [6, 6.07) is 6.44. The molecule has 19 heavy (non-hydrogen) atoms. The lowest BCUT2D eigenvalue weighted by Gasteiger charge is -1.98. The smallest absolute Gasteiger partial charge is 0.227 e. The molecule has 3 rings (SSSR count). The Morgan fingerprint density at radius 1 is 1.00 bits per heavy atom. The fourth-order valence-electron chi connectivity index (χ4n) is 1.74. The SMILES string of the molecule is Nc1ccc2nc(-c3cc(F)c(F)c(F)c3)oc2c1. The number of anilines is 1. The normalized spacial score (nSPS) is 11.1. The van der Waals surface area contributed by atoms with Gasteiger partial charge in [0.2, 0.25) is 5.89 Å². The van der Waals surface area contributed by atoms with Gasteiger partial charge in [0.05, 0.1) is 0 Å². The number of nitrogens with two attached hydrogens (primary N) is 1. The van der Waals surface area contributed by atoms with Crippen molar-refractivity contribution in [1.29, 1.82) is 0 Å². The number of nitrogen functional groups attached to an aromatic ring is 1. The van der Waals surface area contributed by atoms with Crippen molar-refractivity contribution in [2.75, 3.05) is 5.73 Å². The van der Waals surface area contributed by atoms with Crippen molar-refractivity contribution in [3.63, 3.8) is 0 Å². The molecule has 0 amide bonds. The molecule has 6 heteroatoms. The minimum Gasteiger partial charge on any atom is -0.436 e. The highest BCUT2D eigenvalue weighted by atomic mass is 19.2. The highest BCUT2D eigenvalue weighted by Gasteiger charge is 2.15. The Hall–Kier alpha value is -2.50. The number of aromatic nitrogens is 1. The maximum absolute atomic E-state index is 13.1. The number of hydrogen-bond donors (Lipinski definition) is 1. The van der Waals surface area contributed by atoms with Crippen LogP contribution >= 0.6 is 0 Å². The van der Waals surface area contributed by atoms with E-state index in [2.05, 4.69) is 4.98 Å². The number of fused-ring (bicyclic) bond motifs is 1. The van der Waals surface area contributed by atoms with Gasteiger partial charge in [0.1, 0.15) is 5.52 Å². The maximum atomic E-state index is 13.1. The predicted molar refractivity (Wildman–Crippen MR) is 63.7 cm³/mol. The first kappa shape index (κ1) is 11.6. The lowest BCUT2D eigenvalue weighted by molar-refractivity contribution is 0.447. The van der Waals surface area contributed by atoms with E-state index in [0.717, 1.165) is 12.1 Å². The average molecular weight is 264 g/mol. The Morgan fingerprint density at radius 2 is 1.68 bits per heavy atom. The van der Waals surface area contributed by atoms with Crippen LogP contribution in [0.15, 0.2) is 34.7 Å². The molecule has 0 bridgehead atoms. The fraction of sp³-hybridized carbons (Fsp3) is 0. The van der Waals surface area contributed by atoms with Crippen molar-refractivity contribution in [1.82, 2.24) is 4.98 Å². The molecule has 3 nitrogen and oxygen atoms in total. The molecule has 0 aliphatic rings. The molecule has 2 aromatic carbocycles. The Balaban J connectivity index is 2.19. The molecule has 1 aromatic heterocycles. The summed E-state index contributed by atoms with van der Waals surface area (Å²) in [4.78, 5) is 4.06. The zero-order valence-electron chi connectivity index (χ0n) is 9.45. The van der Waals surface area contributed by atoms with Crippen LogP contribution in [-0.2, 0) is 0 Å². The van der Waals surface area contributed by atoms with Gasteiger partial charge in [-0.3, -0.25) is 0 Å². The van der Waals surface area contributed by atoms with Crippen LogP contribution in [0.5, 0.6) is 0 Å². The summed E-state index contributed by atoms with van der Waals surface area (Å²) < 4.78 is 44.5. The third-order valence-electron chi connectivity index (χ3n) is 2.64. The summed E-state index contributed by atoms with van der Waals surface area (Å²) in [7, 11) is 0. The zero-order valence-corrected chi connectivity index (χ0v) is 9.45. The number of nitrogens with zero attached hydrogens (tertiary/aromatic N) is 1. The highest BCUT2D eigenvalue weighted by Crippen LogP contribution is 2.27. The van der Waals surface area contributed by atoms with Crippen LogP contribution in [-0.4, -0.2) is 4.98 Å². The van der Waals surface area contributed by atoms with Crippen molar-refractivity contribution in [2.45, 2.75) is 0 Å². The second-order valence-electron chi connectivity index (χ2n) is 4.00. The van der Waals surface area contributed by atoms with E-state index in [0.29, 0.717) is 16.8 Å². The Bertz CT molecular complexity index is 760. The molecule has 0 radical (unpaired) electrons. The van der Waals surface area contributed by atoms with Crippen molar-refractivity contribution in [3.05, 3.63) is 47.8 Å². The molecule has 0 unspecified atom stereocenters. The third kappa shape index (κ3) is 1.91. The van der Waals surface area contributed by atoms with E-state index in [1.165, 1.54) is 0 Å². The molecule has 0 saturated carbocycles. The van der Waals surface area contributed by atoms with Gasteiger partial charge < -0.3 is 10.2 Å². The summed E-state index contributed by atoms with van der Waals surface area (Å²) >= 11 is 0. The van der Waals surface area contributed by atoms with Crippen molar-refractivity contribution >= 4 is 16.8 Å². The zero-order chi connectivity index (χ0) is 13.6. The Morgan fingerprint density at radius 3 is 2.37 bits per heavy atom. The van der Waals surface area contributed by atoms with Gasteiger partial charge in [-0.15, -0.1) is 0 Å². The summed E-state index contributed by atoms with van der Waals surface area (Å²) in [5.74, 6) is -4.11. The van der Waals surface area contributed by atoms with Gasteiger partial charge in [-0.2, -0.15) is 0 Å². The average Bonchev–Trinajstić information content (AvgIpc) is 2.78. The van der Waals surface area contributed by atoms with E-state index in [4.69, 9.17) is 10.2 Å². The van der Waals surface area contributed by atoms with Crippen LogP contribution in [0.1, 0.15) is 0 Å². The molecule has 2 N–H and O–H groups in total. The van der Waals surface area contributed by atoms with Gasteiger partial charge in [-0.1, -0.05) is 0 Å². The molecule has 0 atom stereocenters. The standard InChI is InChI=1S/C13H7F3N2O/c14-8-3-6(4-9(15)12(8)16)13-18-10-2-1-7(17)5-11(10)19-13/h1-5H,17H2. The number of halogens is 3. The number of oxazole rings is 1. The Kier molecular flexibility index (Phi) is 2.45. The number of hydrogen-bond acceptors (Lipinski definition) is 3. The van der Waals surface area contributed by atoms with E-state index in [-0.39, 0.29) is 11.5 Å². The lowest BCUT2D eigenvalue weighted by Crippen LogP contribution is -1.91. The van der Waals surface area contributed by atoms with Gasteiger partial charge in [-0.05, 0) is 24.3 Å². The van der Waals surface area contributed by atoms with E-state index < -0.39 is 17.5 Å². The summed E-state index contributed by atoms with van der Waals surface area (Å²) in [5, 5.41) is 0. The van der Waals surface area contributed by atoms with E-state index in [1.54, 1.807) is 18.2 Å². The Labute approximate surface area is 105 Å². The van der Waals surface area contributed by atoms with Gasteiger partial charge >= 0.3 is 0 Å². The first-order valence-corrected chi connectivity index (χ1v) is 5.35. The summed E-state index contributed by atoms with van der Waals surface area (Å²) in [6.45, 7) is 0. The van der Waals surface area contributed by atoms with Crippen LogP contribution in [0.3, 0.4) is 0 Å². The second kappa shape index (κ2) is 4.01. The lowest BCUT2D eigenvalue weighted by atomic mass is 10.2. The first-order valence-electron chi connectivity index (χ1n) is 5.35. The third-order valence-corrected chi connectivity index (χ3v) is 2.64. The van der Waals surface area contributed by atoms with E-state index in [9.17, 15) is 13.2 Å². The highest BCUT2D eigenvalue weighted by molar-refractivity contribution is 5.79. The number of benzene rings is 2. The first-order chi connectivity index (χ1) is 9.04. The minimum absolute atomic E-state index is 0.00148. The van der Waals surface area contributed by atoms with Crippen LogP contribution in [0, 0.1) is 17.5 Å². The quantitative estimate of drug-likeness (QED) is 0.540. The van der Waals surface area contributed by atoms with Crippen molar-refractivity contribution in [2.24, 2.45) is 0 Å². The molecular weight excluding hydrogens is 257 g/mol. The van der Waals surface area contributed by atoms with E-state index in [1.807, 2.05) is 0 Å². The predicted octanol–water partition coefficient (Wildman–Crippen LogP) is 3.49. The molecular formula is C13H7F3N2O. The molecule has 0 fully saturated rings. The monoisotopic (exact) mass is 264 g/mol. The molecule has 0 aliphatic carbocycles. The fourth-order valence-corrected chi connectivity index (χ4v) is 1.74.